The molecule has 1 unspecified atom stereocenters. The van der Waals surface area contributed by atoms with E-state index in [0.717, 1.165) is 19.5 Å². The van der Waals surface area contributed by atoms with Crippen molar-refractivity contribution >= 4 is 10.0 Å². The fraction of sp³-hybridized carbons (Fsp3) is 1.00. The maximum atomic E-state index is 12.2. The van der Waals surface area contributed by atoms with Gasteiger partial charge in [-0.15, -0.1) is 0 Å². The summed E-state index contributed by atoms with van der Waals surface area (Å²) < 4.78 is 26.2. The van der Waals surface area contributed by atoms with E-state index in [1.165, 1.54) is 12.8 Å². The van der Waals surface area contributed by atoms with Gasteiger partial charge in [-0.05, 0) is 32.4 Å². The average Bonchev–Trinajstić information content (AvgIpc) is 2.99. The lowest BCUT2D eigenvalue weighted by Gasteiger charge is -2.23. The summed E-state index contributed by atoms with van der Waals surface area (Å²) in [7, 11) is -3.07. The fourth-order valence-corrected chi connectivity index (χ4v) is 4.39. The summed E-state index contributed by atoms with van der Waals surface area (Å²) in [4.78, 5) is 2.46. The molecule has 2 fully saturated rings. The van der Waals surface area contributed by atoms with Crippen molar-refractivity contribution in [3.63, 3.8) is 0 Å². The van der Waals surface area contributed by atoms with E-state index in [4.69, 9.17) is 0 Å². The molecule has 2 rings (SSSR count). The maximum absolute atomic E-state index is 12.2. The van der Waals surface area contributed by atoms with Crippen LogP contribution in [0.5, 0.6) is 0 Å². The number of hydrogen-bond donors (Lipinski definition) is 1. The Balaban J connectivity index is 1.81. The second kappa shape index (κ2) is 6.52. The minimum Gasteiger partial charge on any atom is -0.313 e. The van der Waals surface area contributed by atoms with Crippen LogP contribution in [0, 0.1) is 0 Å². The minimum atomic E-state index is -3.07. The van der Waals surface area contributed by atoms with E-state index in [-0.39, 0.29) is 5.75 Å². The Kier molecular flexibility index (Phi) is 5.22. The van der Waals surface area contributed by atoms with Gasteiger partial charge in [-0.2, -0.15) is 0 Å². The summed E-state index contributed by atoms with van der Waals surface area (Å²) in [6, 6.07) is 0.793. The molecule has 19 heavy (non-hydrogen) atoms. The predicted molar refractivity (Wildman–Crippen MR) is 77.7 cm³/mol. The zero-order chi connectivity index (χ0) is 13.9. The van der Waals surface area contributed by atoms with Crippen molar-refractivity contribution in [2.75, 3.05) is 38.5 Å². The number of nitrogens with zero attached hydrogens (tertiary/aromatic N) is 2. The van der Waals surface area contributed by atoms with Gasteiger partial charge in [0.15, 0.2) is 0 Å². The maximum Gasteiger partial charge on any atom is 0.215 e. The van der Waals surface area contributed by atoms with Gasteiger partial charge in [0.1, 0.15) is 0 Å². The van der Waals surface area contributed by atoms with Gasteiger partial charge in [-0.1, -0.05) is 13.8 Å². The normalized spacial score (nSPS) is 26.6. The number of hydrogen-bond acceptors (Lipinski definition) is 4. The SMILES string of the molecule is CC(C)NCCS(=O)(=O)N1CCC(N2CCCC2)C1. The Bertz CT molecular complexity index is 377. The Hall–Kier alpha value is -0.170. The summed E-state index contributed by atoms with van der Waals surface area (Å²) in [6.07, 6.45) is 3.53. The third kappa shape index (κ3) is 4.15. The lowest BCUT2D eigenvalue weighted by molar-refractivity contribution is 0.251. The topological polar surface area (TPSA) is 52.7 Å². The van der Waals surface area contributed by atoms with E-state index in [9.17, 15) is 8.42 Å². The third-order valence-electron chi connectivity index (χ3n) is 4.09. The van der Waals surface area contributed by atoms with E-state index >= 15 is 0 Å². The van der Waals surface area contributed by atoms with E-state index in [2.05, 4.69) is 10.2 Å². The number of nitrogens with one attached hydrogen (secondary N) is 1. The number of rotatable bonds is 6. The molecule has 0 bridgehead atoms. The summed E-state index contributed by atoms with van der Waals surface area (Å²) in [5.41, 5.74) is 0. The summed E-state index contributed by atoms with van der Waals surface area (Å²) in [6.45, 7) is 8.30. The average molecular weight is 289 g/mol. The van der Waals surface area contributed by atoms with Gasteiger partial charge in [0.2, 0.25) is 10.0 Å². The highest BCUT2D eigenvalue weighted by molar-refractivity contribution is 7.89. The summed E-state index contributed by atoms with van der Waals surface area (Å²) >= 11 is 0. The zero-order valence-corrected chi connectivity index (χ0v) is 13.0. The molecule has 2 aliphatic heterocycles. The Morgan fingerprint density at radius 2 is 1.89 bits per heavy atom. The molecule has 2 saturated heterocycles. The molecule has 1 N–H and O–H groups in total. The Labute approximate surface area is 117 Å². The van der Waals surface area contributed by atoms with Gasteiger partial charge in [-0.25, -0.2) is 12.7 Å². The van der Waals surface area contributed by atoms with Gasteiger partial charge in [0.05, 0.1) is 5.75 Å². The lowest BCUT2D eigenvalue weighted by Crippen LogP contribution is -2.39. The first-order chi connectivity index (χ1) is 8.99. The molecule has 0 aromatic rings. The third-order valence-corrected chi connectivity index (χ3v) is 5.93. The Morgan fingerprint density at radius 1 is 1.21 bits per heavy atom. The van der Waals surface area contributed by atoms with Crippen molar-refractivity contribution in [3.05, 3.63) is 0 Å². The van der Waals surface area contributed by atoms with Crippen LogP contribution in [0.15, 0.2) is 0 Å². The van der Waals surface area contributed by atoms with Crippen molar-refractivity contribution in [2.24, 2.45) is 0 Å². The van der Waals surface area contributed by atoms with Crippen LogP contribution in [0.2, 0.25) is 0 Å². The molecule has 2 aliphatic rings. The Morgan fingerprint density at radius 3 is 2.53 bits per heavy atom. The first-order valence-electron chi connectivity index (χ1n) is 7.44. The highest BCUT2D eigenvalue weighted by Gasteiger charge is 2.34. The van der Waals surface area contributed by atoms with E-state index in [1.807, 2.05) is 13.8 Å². The van der Waals surface area contributed by atoms with Crippen LogP contribution in [-0.4, -0.2) is 68.2 Å². The van der Waals surface area contributed by atoms with Gasteiger partial charge in [-0.3, -0.25) is 4.90 Å². The highest BCUT2D eigenvalue weighted by atomic mass is 32.2. The summed E-state index contributed by atoms with van der Waals surface area (Å²) in [5, 5.41) is 3.18. The van der Waals surface area contributed by atoms with Crippen LogP contribution < -0.4 is 5.32 Å². The second-order valence-electron chi connectivity index (χ2n) is 5.97. The second-order valence-corrected chi connectivity index (χ2v) is 8.06. The molecular weight excluding hydrogens is 262 g/mol. The van der Waals surface area contributed by atoms with Crippen molar-refractivity contribution in [3.8, 4) is 0 Å². The first-order valence-corrected chi connectivity index (χ1v) is 9.05. The zero-order valence-electron chi connectivity index (χ0n) is 12.1. The van der Waals surface area contributed by atoms with Crippen LogP contribution in [0.3, 0.4) is 0 Å². The highest BCUT2D eigenvalue weighted by Crippen LogP contribution is 2.22. The van der Waals surface area contributed by atoms with Crippen molar-refractivity contribution in [1.82, 2.24) is 14.5 Å². The molecule has 112 valence electrons. The van der Waals surface area contributed by atoms with E-state index in [1.54, 1.807) is 4.31 Å². The van der Waals surface area contributed by atoms with E-state index < -0.39 is 10.0 Å². The van der Waals surface area contributed by atoms with Crippen molar-refractivity contribution in [1.29, 1.82) is 0 Å². The quantitative estimate of drug-likeness (QED) is 0.773. The number of likely N-dealkylation sites (tertiary alicyclic amines) is 1. The first kappa shape index (κ1) is 15.2. The molecule has 0 aromatic carbocycles. The van der Waals surface area contributed by atoms with Gasteiger partial charge >= 0.3 is 0 Å². The van der Waals surface area contributed by atoms with Crippen molar-refractivity contribution in [2.45, 2.75) is 45.2 Å². The molecule has 0 spiro atoms. The van der Waals surface area contributed by atoms with E-state index in [0.29, 0.717) is 31.7 Å². The standard InChI is InChI=1S/C13H27N3O2S/c1-12(2)14-6-10-19(17,18)16-9-5-13(11-16)15-7-3-4-8-15/h12-14H,3-11H2,1-2H3. The molecule has 0 aliphatic carbocycles. The van der Waals surface area contributed by atoms with Crippen LogP contribution in [-0.2, 0) is 10.0 Å². The molecule has 0 radical (unpaired) electrons. The summed E-state index contributed by atoms with van der Waals surface area (Å²) in [5.74, 6) is 0.220. The molecule has 5 nitrogen and oxygen atoms in total. The lowest BCUT2D eigenvalue weighted by atomic mass is 10.2. The number of sulfonamides is 1. The molecule has 1 atom stereocenters. The van der Waals surface area contributed by atoms with Gasteiger partial charge in [0.25, 0.3) is 0 Å². The largest absolute Gasteiger partial charge is 0.313 e. The fourth-order valence-electron chi connectivity index (χ4n) is 2.97. The van der Waals surface area contributed by atoms with Crippen LogP contribution in [0.1, 0.15) is 33.1 Å². The molecule has 6 heteroatoms. The molecule has 0 saturated carbocycles. The van der Waals surface area contributed by atoms with Gasteiger partial charge in [0, 0.05) is 31.7 Å². The molecule has 2 heterocycles. The predicted octanol–water partition coefficient (Wildman–Crippen LogP) is 0.484. The van der Waals surface area contributed by atoms with Crippen LogP contribution >= 0.6 is 0 Å². The van der Waals surface area contributed by atoms with Crippen LogP contribution in [0.4, 0.5) is 0 Å². The smallest absolute Gasteiger partial charge is 0.215 e. The van der Waals surface area contributed by atoms with Crippen molar-refractivity contribution < 1.29 is 8.42 Å². The molecular formula is C13H27N3O2S. The minimum absolute atomic E-state index is 0.220. The monoisotopic (exact) mass is 289 g/mol. The van der Waals surface area contributed by atoms with Crippen LogP contribution in [0.25, 0.3) is 0 Å². The van der Waals surface area contributed by atoms with Gasteiger partial charge < -0.3 is 5.32 Å². The molecule has 0 aromatic heterocycles. The molecule has 0 amide bonds.